The van der Waals surface area contributed by atoms with Crippen LogP contribution in [0.1, 0.15) is 25.2 Å². The third-order valence-electron chi connectivity index (χ3n) is 3.62. The van der Waals surface area contributed by atoms with Gasteiger partial charge in [0.05, 0.1) is 12.0 Å². The van der Waals surface area contributed by atoms with Gasteiger partial charge in [-0.3, -0.25) is 4.79 Å². The van der Waals surface area contributed by atoms with E-state index < -0.39 is 17.6 Å². The number of amides is 1. The maximum atomic E-state index is 11.9. The topological polar surface area (TPSA) is 93.2 Å². The molecule has 2 rings (SSSR count). The smallest absolute Gasteiger partial charge is 0.255 e. The molecule has 118 valence electrons. The molecule has 0 radical (unpaired) electrons. The average molecular weight is 302 g/mol. The van der Waals surface area contributed by atoms with Crippen LogP contribution in [0, 0.1) is 13.8 Å². The lowest BCUT2D eigenvalue weighted by molar-refractivity contribution is -0.126. The van der Waals surface area contributed by atoms with Gasteiger partial charge in [-0.05, 0) is 52.0 Å². The van der Waals surface area contributed by atoms with E-state index in [-0.39, 0.29) is 0 Å². The molecular formula is C16H22N4O2. The Hall–Kier alpha value is -2.18. The van der Waals surface area contributed by atoms with E-state index in [1.54, 1.807) is 32.3 Å². The van der Waals surface area contributed by atoms with E-state index in [2.05, 4.69) is 10.3 Å². The molecule has 0 spiro atoms. The van der Waals surface area contributed by atoms with Crippen LogP contribution >= 0.6 is 0 Å². The van der Waals surface area contributed by atoms with Gasteiger partial charge in [0.15, 0.2) is 0 Å². The summed E-state index contributed by atoms with van der Waals surface area (Å²) in [4.78, 5) is 16.2. The van der Waals surface area contributed by atoms with Gasteiger partial charge >= 0.3 is 0 Å². The molecule has 6 heteroatoms. The van der Waals surface area contributed by atoms with Crippen LogP contribution in [0.3, 0.4) is 0 Å². The summed E-state index contributed by atoms with van der Waals surface area (Å²) in [6, 6.07) is 7.31. The fourth-order valence-corrected chi connectivity index (χ4v) is 2.01. The lowest BCUT2D eigenvalue weighted by atomic mass is 9.98. The van der Waals surface area contributed by atoms with Crippen LogP contribution in [0.4, 0.5) is 5.69 Å². The molecule has 0 aliphatic heterocycles. The van der Waals surface area contributed by atoms with Crippen LogP contribution in [-0.2, 0) is 4.79 Å². The first kappa shape index (κ1) is 16.2. The molecule has 0 saturated heterocycles. The number of aliphatic hydroxyl groups excluding tert-OH is 1. The van der Waals surface area contributed by atoms with Gasteiger partial charge in [-0.2, -0.15) is 0 Å². The molecular weight excluding hydrogens is 280 g/mol. The molecule has 0 fully saturated rings. The zero-order valence-corrected chi connectivity index (χ0v) is 13.3. The van der Waals surface area contributed by atoms with Crippen molar-refractivity contribution in [2.45, 2.75) is 39.3 Å². The number of nitrogens with one attached hydrogen (secondary N) is 1. The van der Waals surface area contributed by atoms with E-state index >= 15 is 0 Å². The molecule has 6 nitrogen and oxygen atoms in total. The Morgan fingerprint density at radius 2 is 1.91 bits per heavy atom. The van der Waals surface area contributed by atoms with Crippen molar-refractivity contribution in [3.05, 3.63) is 42.0 Å². The normalized spacial score (nSPS) is 13.0. The van der Waals surface area contributed by atoms with E-state index in [9.17, 15) is 9.90 Å². The largest absolute Gasteiger partial charge is 0.381 e. The fraction of sp³-hybridized carbons (Fsp3) is 0.375. The van der Waals surface area contributed by atoms with Crippen LogP contribution in [0.25, 0.3) is 5.69 Å². The minimum absolute atomic E-state index is 0.519. The monoisotopic (exact) mass is 302 g/mol. The van der Waals surface area contributed by atoms with E-state index in [1.807, 2.05) is 30.5 Å². The van der Waals surface area contributed by atoms with E-state index in [1.165, 1.54) is 0 Å². The number of hydrogen-bond acceptors (Lipinski definition) is 4. The van der Waals surface area contributed by atoms with Crippen molar-refractivity contribution >= 4 is 11.6 Å². The Morgan fingerprint density at radius 1 is 1.32 bits per heavy atom. The average Bonchev–Trinajstić information content (AvgIpc) is 2.78. The molecule has 1 aromatic carbocycles. The van der Waals surface area contributed by atoms with Crippen LogP contribution in [0.15, 0.2) is 30.6 Å². The molecule has 22 heavy (non-hydrogen) atoms. The summed E-state index contributed by atoms with van der Waals surface area (Å²) >= 11 is 0. The highest BCUT2D eigenvalue weighted by atomic mass is 16.3. The number of carbonyl (C=O) groups is 1. The Bertz CT molecular complexity index is 668. The molecule has 1 atom stereocenters. The van der Waals surface area contributed by atoms with Gasteiger partial charge in [0.1, 0.15) is 6.10 Å². The molecule has 0 aliphatic rings. The van der Waals surface area contributed by atoms with Gasteiger partial charge < -0.3 is 20.7 Å². The predicted molar refractivity (Wildman–Crippen MR) is 85.9 cm³/mol. The number of nitrogens with two attached hydrogens (primary N) is 1. The maximum Gasteiger partial charge on any atom is 0.255 e. The first-order valence-corrected chi connectivity index (χ1v) is 7.09. The van der Waals surface area contributed by atoms with Gasteiger partial charge in [0.2, 0.25) is 0 Å². The van der Waals surface area contributed by atoms with Crippen LogP contribution < -0.4 is 11.1 Å². The second-order valence-electron chi connectivity index (χ2n) is 6.05. The SMILES string of the molecule is Cc1ncn(-c2ccc(NC(=O)C(O)C(C)(C)N)cc2)c1C. The fourth-order valence-electron chi connectivity index (χ4n) is 2.01. The van der Waals surface area contributed by atoms with Crippen LogP contribution in [0.2, 0.25) is 0 Å². The molecule has 1 unspecified atom stereocenters. The van der Waals surface area contributed by atoms with Crippen molar-refractivity contribution in [3.63, 3.8) is 0 Å². The number of anilines is 1. The van der Waals surface area contributed by atoms with E-state index in [0.717, 1.165) is 17.1 Å². The highest BCUT2D eigenvalue weighted by Crippen LogP contribution is 2.17. The van der Waals surface area contributed by atoms with Gasteiger partial charge in [-0.25, -0.2) is 4.98 Å². The lowest BCUT2D eigenvalue weighted by Crippen LogP contribution is -2.51. The number of benzene rings is 1. The van der Waals surface area contributed by atoms with Gasteiger partial charge in [-0.1, -0.05) is 0 Å². The number of aliphatic hydroxyl groups is 1. The molecule has 1 amide bonds. The van der Waals surface area contributed by atoms with Crippen molar-refractivity contribution in [3.8, 4) is 5.69 Å². The number of nitrogens with zero attached hydrogens (tertiary/aromatic N) is 2. The summed E-state index contributed by atoms with van der Waals surface area (Å²) in [6.45, 7) is 7.16. The number of hydrogen-bond donors (Lipinski definition) is 3. The Kier molecular flexibility index (Phi) is 4.35. The molecule has 4 N–H and O–H groups in total. The first-order chi connectivity index (χ1) is 10.2. The summed E-state index contributed by atoms with van der Waals surface area (Å²) < 4.78 is 1.97. The third kappa shape index (κ3) is 3.35. The summed E-state index contributed by atoms with van der Waals surface area (Å²) in [5.41, 5.74) is 8.34. The van der Waals surface area contributed by atoms with E-state index in [0.29, 0.717) is 5.69 Å². The maximum absolute atomic E-state index is 11.9. The molecule has 1 heterocycles. The van der Waals surface area contributed by atoms with Crippen molar-refractivity contribution in [1.82, 2.24) is 9.55 Å². The van der Waals surface area contributed by atoms with Crippen LogP contribution in [-0.4, -0.2) is 32.2 Å². The van der Waals surface area contributed by atoms with Gasteiger partial charge in [0.25, 0.3) is 5.91 Å². The standard InChI is InChI=1S/C16H22N4O2/c1-10-11(2)20(9-18-10)13-7-5-12(6-8-13)19-15(22)14(21)16(3,4)17/h5-9,14,21H,17H2,1-4H3,(H,19,22). The molecule has 2 aromatic rings. The number of carbonyl (C=O) groups excluding carboxylic acids is 1. The molecule has 1 aromatic heterocycles. The first-order valence-electron chi connectivity index (χ1n) is 7.09. The summed E-state index contributed by atoms with van der Waals surface area (Å²) in [6.07, 6.45) is 0.490. The number of aryl methyl sites for hydroxylation is 1. The second-order valence-corrected chi connectivity index (χ2v) is 6.05. The third-order valence-corrected chi connectivity index (χ3v) is 3.62. The quantitative estimate of drug-likeness (QED) is 0.798. The predicted octanol–water partition coefficient (Wildman–Crippen LogP) is 1.53. The van der Waals surface area contributed by atoms with Crippen molar-refractivity contribution in [1.29, 1.82) is 0 Å². The zero-order valence-electron chi connectivity index (χ0n) is 13.3. The summed E-state index contributed by atoms with van der Waals surface area (Å²) in [7, 11) is 0. The van der Waals surface area contributed by atoms with Crippen molar-refractivity contribution < 1.29 is 9.90 Å². The van der Waals surface area contributed by atoms with Crippen molar-refractivity contribution in [2.24, 2.45) is 5.73 Å². The number of aromatic nitrogens is 2. The Morgan fingerprint density at radius 3 is 2.36 bits per heavy atom. The van der Waals surface area contributed by atoms with Gasteiger partial charge in [-0.15, -0.1) is 0 Å². The Balaban J connectivity index is 2.13. The van der Waals surface area contributed by atoms with Crippen LogP contribution in [0.5, 0.6) is 0 Å². The summed E-state index contributed by atoms with van der Waals surface area (Å²) in [5, 5.41) is 12.5. The molecule has 0 bridgehead atoms. The Labute approximate surface area is 130 Å². The lowest BCUT2D eigenvalue weighted by Gasteiger charge is -2.24. The highest BCUT2D eigenvalue weighted by molar-refractivity contribution is 5.94. The molecule has 0 aliphatic carbocycles. The second kappa shape index (κ2) is 5.90. The number of rotatable bonds is 4. The van der Waals surface area contributed by atoms with E-state index in [4.69, 9.17) is 5.73 Å². The van der Waals surface area contributed by atoms with Gasteiger partial charge in [0, 0.05) is 22.6 Å². The highest BCUT2D eigenvalue weighted by Gasteiger charge is 2.29. The minimum atomic E-state index is -1.27. The number of imidazole rings is 1. The molecule has 0 saturated carbocycles. The zero-order chi connectivity index (χ0) is 16.5. The minimum Gasteiger partial charge on any atom is -0.381 e. The van der Waals surface area contributed by atoms with Crippen molar-refractivity contribution in [2.75, 3.05) is 5.32 Å². The summed E-state index contributed by atoms with van der Waals surface area (Å²) in [5.74, 6) is -0.519.